The topological polar surface area (TPSA) is 55.0 Å². The number of aromatic nitrogens is 2. The molecule has 16 heavy (non-hydrogen) atoms. The lowest BCUT2D eigenvalue weighted by Gasteiger charge is -2.28. The number of rotatable bonds is 1. The van der Waals surface area contributed by atoms with Gasteiger partial charge in [-0.1, -0.05) is 24.4 Å². The Balaban J connectivity index is 2.26. The number of anilines is 2. The smallest absolute Gasteiger partial charge is 0.223 e. The van der Waals surface area contributed by atoms with Crippen molar-refractivity contribution in [2.45, 2.75) is 38.6 Å². The van der Waals surface area contributed by atoms with E-state index in [1.165, 1.54) is 25.7 Å². The molecular weight excluding hydrogens is 224 g/mol. The normalized spacial score (nSPS) is 21.9. The third-order valence-electron chi connectivity index (χ3n) is 3.05. The molecule has 4 nitrogen and oxygen atoms in total. The molecule has 1 aliphatic heterocycles. The van der Waals surface area contributed by atoms with E-state index >= 15 is 0 Å². The summed E-state index contributed by atoms with van der Waals surface area (Å²) in [6, 6.07) is 2.28. The van der Waals surface area contributed by atoms with Crippen molar-refractivity contribution in [3.63, 3.8) is 0 Å². The number of nitrogen functional groups attached to an aromatic ring is 1. The van der Waals surface area contributed by atoms with Gasteiger partial charge in [0.2, 0.25) is 5.95 Å². The number of hydrogen-bond donors (Lipinski definition) is 1. The van der Waals surface area contributed by atoms with Crippen LogP contribution in [0.25, 0.3) is 0 Å². The molecular formula is C11H17ClN4. The maximum atomic E-state index is 5.90. The fraction of sp³-hybridized carbons (Fsp3) is 0.636. The standard InChI is InChI=1S/C11H17ClN4/c1-8-5-3-2-4-6-16(8)10-7-9(12)14-11(13)15-10/h7-8H,2-6H2,1H3,(H2,13,14,15). The van der Waals surface area contributed by atoms with E-state index < -0.39 is 0 Å². The maximum absolute atomic E-state index is 5.90. The van der Waals surface area contributed by atoms with E-state index in [1.54, 1.807) is 6.07 Å². The Kier molecular flexibility index (Phi) is 3.49. The molecule has 2 rings (SSSR count). The summed E-state index contributed by atoms with van der Waals surface area (Å²) in [6.45, 7) is 3.24. The molecule has 0 saturated carbocycles. The van der Waals surface area contributed by atoms with E-state index in [4.69, 9.17) is 17.3 Å². The molecule has 1 unspecified atom stereocenters. The molecule has 88 valence electrons. The predicted octanol–water partition coefficient (Wildman–Crippen LogP) is 2.48. The van der Waals surface area contributed by atoms with Crippen LogP contribution in [-0.2, 0) is 0 Å². The Morgan fingerprint density at radius 1 is 1.38 bits per heavy atom. The lowest BCUT2D eigenvalue weighted by Crippen LogP contribution is -2.33. The number of nitrogens with zero attached hydrogens (tertiary/aromatic N) is 3. The number of hydrogen-bond acceptors (Lipinski definition) is 4. The van der Waals surface area contributed by atoms with Gasteiger partial charge in [-0.3, -0.25) is 0 Å². The molecule has 1 aromatic rings. The molecule has 0 aliphatic carbocycles. The number of nitrogens with two attached hydrogens (primary N) is 1. The van der Waals surface area contributed by atoms with Gasteiger partial charge in [0, 0.05) is 18.7 Å². The van der Waals surface area contributed by atoms with Gasteiger partial charge in [-0.2, -0.15) is 4.98 Å². The predicted molar refractivity (Wildman–Crippen MR) is 66.7 cm³/mol. The van der Waals surface area contributed by atoms with Gasteiger partial charge < -0.3 is 10.6 Å². The van der Waals surface area contributed by atoms with Crippen LogP contribution in [0.5, 0.6) is 0 Å². The lowest BCUT2D eigenvalue weighted by atomic mass is 10.1. The highest BCUT2D eigenvalue weighted by molar-refractivity contribution is 6.29. The second kappa shape index (κ2) is 4.87. The van der Waals surface area contributed by atoms with Gasteiger partial charge in [0.25, 0.3) is 0 Å². The van der Waals surface area contributed by atoms with Crippen molar-refractivity contribution in [3.8, 4) is 0 Å². The Morgan fingerprint density at radius 2 is 2.19 bits per heavy atom. The molecule has 2 heterocycles. The van der Waals surface area contributed by atoms with E-state index in [2.05, 4.69) is 21.8 Å². The molecule has 0 spiro atoms. The highest BCUT2D eigenvalue weighted by Crippen LogP contribution is 2.24. The molecule has 0 bridgehead atoms. The second-order valence-corrected chi connectivity index (χ2v) is 4.69. The fourth-order valence-electron chi connectivity index (χ4n) is 2.19. The quantitative estimate of drug-likeness (QED) is 0.767. The molecule has 1 aliphatic rings. The first-order valence-electron chi connectivity index (χ1n) is 5.73. The van der Waals surface area contributed by atoms with Crippen LogP contribution in [0.1, 0.15) is 32.6 Å². The van der Waals surface area contributed by atoms with E-state index in [-0.39, 0.29) is 5.95 Å². The van der Waals surface area contributed by atoms with Gasteiger partial charge in [0.15, 0.2) is 0 Å². The zero-order valence-electron chi connectivity index (χ0n) is 9.49. The molecule has 5 heteroatoms. The summed E-state index contributed by atoms with van der Waals surface area (Å²) >= 11 is 5.90. The van der Waals surface area contributed by atoms with Crippen molar-refractivity contribution in [1.29, 1.82) is 0 Å². The van der Waals surface area contributed by atoms with Crippen molar-refractivity contribution in [2.24, 2.45) is 0 Å². The summed E-state index contributed by atoms with van der Waals surface area (Å²) < 4.78 is 0. The van der Waals surface area contributed by atoms with Gasteiger partial charge in [-0.25, -0.2) is 4.98 Å². The largest absolute Gasteiger partial charge is 0.368 e. The van der Waals surface area contributed by atoms with Crippen LogP contribution in [0, 0.1) is 0 Å². The average molecular weight is 241 g/mol. The van der Waals surface area contributed by atoms with Crippen LogP contribution in [0.2, 0.25) is 5.15 Å². The van der Waals surface area contributed by atoms with Gasteiger partial charge >= 0.3 is 0 Å². The Labute approximate surface area is 101 Å². The third-order valence-corrected chi connectivity index (χ3v) is 3.24. The van der Waals surface area contributed by atoms with Crippen LogP contribution in [0.15, 0.2) is 6.07 Å². The molecule has 2 N–H and O–H groups in total. The highest BCUT2D eigenvalue weighted by atomic mass is 35.5. The summed E-state index contributed by atoms with van der Waals surface area (Å²) in [7, 11) is 0. The first kappa shape index (κ1) is 11.5. The van der Waals surface area contributed by atoms with Gasteiger partial charge in [0.1, 0.15) is 11.0 Å². The Bertz CT molecular complexity index is 349. The van der Waals surface area contributed by atoms with E-state index in [0.717, 1.165) is 12.4 Å². The molecule has 1 aromatic heterocycles. The van der Waals surface area contributed by atoms with E-state index in [0.29, 0.717) is 11.2 Å². The minimum atomic E-state index is 0.249. The van der Waals surface area contributed by atoms with Crippen molar-refractivity contribution >= 4 is 23.4 Å². The molecule has 0 amide bonds. The van der Waals surface area contributed by atoms with Crippen LogP contribution < -0.4 is 10.6 Å². The first-order valence-corrected chi connectivity index (χ1v) is 6.11. The second-order valence-electron chi connectivity index (χ2n) is 4.30. The van der Waals surface area contributed by atoms with Crippen molar-refractivity contribution in [1.82, 2.24) is 9.97 Å². The van der Waals surface area contributed by atoms with E-state index in [9.17, 15) is 0 Å². The van der Waals surface area contributed by atoms with Crippen LogP contribution in [-0.4, -0.2) is 22.6 Å². The average Bonchev–Trinajstić information content (AvgIpc) is 2.41. The first-order chi connectivity index (χ1) is 7.66. The van der Waals surface area contributed by atoms with Crippen molar-refractivity contribution in [3.05, 3.63) is 11.2 Å². The molecule has 0 aromatic carbocycles. The summed E-state index contributed by atoms with van der Waals surface area (Å²) in [5.74, 6) is 1.10. The minimum absolute atomic E-state index is 0.249. The monoisotopic (exact) mass is 240 g/mol. The molecule has 1 saturated heterocycles. The Hall–Kier alpha value is -1.03. The molecule has 0 radical (unpaired) electrons. The van der Waals surface area contributed by atoms with Gasteiger partial charge in [-0.05, 0) is 19.8 Å². The zero-order valence-corrected chi connectivity index (χ0v) is 10.2. The highest BCUT2D eigenvalue weighted by Gasteiger charge is 2.19. The molecule has 1 atom stereocenters. The van der Waals surface area contributed by atoms with Crippen LogP contribution in [0.4, 0.5) is 11.8 Å². The zero-order chi connectivity index (χ0) is 11.5. The lowest BCUT2D eigenvalue weighted by molar-refractivity contribution is 0.611. The fourth-order valence-corrected chi connectivity index (χ4v) is 2.37. The van der Waals surface area contributed by atoms with Crippen molar-refractivity contribution < 1.29 is 0 Å². The van der Waals surface area contributed by atoms with Gasteiger partial charge in [-0.15, -0.1) is 0 Å². The maximum Gasteiger partial charge on any atom is 0.223 e. The minimum Gasteiger partial charge on any atom is -0.368 e. The third kappa shape index (κ3) is 2.55. The Morgan fingerprint density at radius 3 is 2.94 bits per heavy atom. The number of halogens is 1. The van der Waals surface area contributed by atoms with Crippen molar-refractivity contribution in [2.75, 3.05) is 17.2 Å². The van der Waals surface area contributed by atoms with Crippen LogP contribution >= 0.6 is 11.6 Å². The van der Waals surface area contributed by atoms with Gasteiger partial charge in [0.05, 0.1) is 0 Å². The van der Waals surface area contributed by atoms with E-state index in [1.807, 2.05) is 0 Å². The summed E-state index contributed by atoms with van der Waals surface area (Å²) in [5.41, 5.74) is 5.62. The summed E-state index contributed by atoms with van der Waals surface area (Å²) in [5, 5.41) is 0.416. The molecule has 1 fully saturated rings. The van der Waals surface area contributed by atoms with Crippen LogP contribution in [0.3, 0.4) is 0 Å². The summed E-state index contributed by atoms with van der Waals surface area (Å²) in [4.78, 5) is 10.4. The summed E-state index contributed by atoms with van der Waals surface area (Å²) in [6.07, 6.45) is 4.97. The SMILES string of the molecule is CC1CCCCCN1c1cc(Cl)nc(N)n1.